The summed E-state index contributed by atoms with van der Waals surface area (Å²) in [6.45, 7) is 5.20. The number of rotatable bonds is 7. The van der Waals surface area contributed by atoms with E-state index in [9.17, 15) is 14.4 Å². The monoisotopic (exact) mass is 781 g/mol. The molecule has 0 radical (unpaired) electrons. The molecule has 8 rings (SSSR count). The summed E-state index contributed by atoms with van der Waals surface area (Å²) >= 11 is 5.55. The molecule has 0 atom stereocenters. The maximum atomic E-state index is 15.2. The third-order valence-electron chi connectivity index (χ3n) is 11.7. The van der Waals surface area contributed by atoms with Gasteiger partial charge in [-0.3, -0.25) is 19.8 Å². The van der Waals surface area contributed by atoms with Gasteiger partial charge in [-0.2, -0.15) is 5.26 Å². The van der Waals surface area contributed by atoms with E-state index in [4.69, 9.17) is 22.0 Å². The number of anilines is 2. The van der Waals surface area contributed by atoms with Crippen LogP contribution in [0.4, 0.5) is 20.6 Å². The van der Waals surface area contributed by atoms with Crippen LogP contribution in [0.1, 0.15) is 86.2 Å². The third kappa shape index (κ3) is 9.11. The van der Waals surface area contributed by atoms with E-state index in [2.05, 4.69) is 43.3 Å². The third-order valence-corrected chi connectivity index (χ3v) is 12.0. The van der Waals surface area contributed by atoms with Gasteiger partial charge in [-0.1, -0.05) is 36.9 Å². The van der Waals surface area contributed by atoms with Gasteiger partial charge in [0.2, 0.25) is 5.91 Å². The Labute approximate surface area is 332 Å². The van der Waals surface area contributed by atoms with Gasteiger partial charge in [0.05, 0.1) is 27.5 Å². The number of amides is 4. The molecule has 3 aliphatic heterocycles. The minimum absolute atomic E-state index is 0.0731. The zero-order chi connectivity index (χ0) is 39.2. The first-order valence-corrected chi connectivity index (χ1v) is 20.2. The van der Waals surface area contributed by atoms with Crippen molar-refractivity contribution in [3.63, 3.8) is 0 Å². The lowest BCUT2D eigenvalue weighted by molar-refractivity contribution is -0.120. The molecule has 1 aliphatic carbocycles. The van der Waals surface area contributed by atoms with E-state index >= 15 is 4.39 Å². The number of fused-ring (bicyclic) bond motifs is 1. The fraction of sp³-hybridized carbons (Fsp3) is 0.442. The van der Waals surface area contributed by atoms with E-state index in [0.717, 1.165) is 101 Å². The van der Waals surface area contributed by atoms with E-state index in [1.165, 1.54) is 30.7 Å². The number of nitrogens with zero attached hydrogens (tertiary/aromatic N) is 5. The second-order valence-electron chi connectivity index (χ2n) is 15.4. The maximum Gasteiger partial charge on any atom is 0.328 e. The summed E-state index contributed by atoms with van der Waals surface area (Å²) in [6.07, 6.45) is 12.2. The molecule has 0 unspecified atom stereocenters. The van der Waals surface area contributed by atoms with Crippen molar-refractivity contribution in [3.8, 4) is 11.8 Å². The van der Waals surface area contributed by atoms with Crippen molar-refractivity contribution in [2.24, 2.45) is 5.92 Å². The number of likely N-dealkylation sites (tertiary alicyclic amines) is 1. The number of aromatic nitrogens is 1. The Morgan fingerprint density at radius 2 is 1.68 bits per heavy atom. The van der Waals surface area contributed by atoms with Crippen molar-refractivity contribution < 1.29 is 23.9 Å². The van der Waals surface area contributed by atoms with Crippen LogP contribution < -0.4 is 20.4 Å². The molecule has 3 aromatic carbocycles. The molecular formula is C43H49ClFN7O4. The Balaban J connectivity index is 0.000000420. The van der Waals surface area contributed by atoms with Crippen LogP contribution in [0, 0.1) is 23.1 Å². The topological polar surface area (TPSA) is 134 Å². The van der Waals surface area contributed by atoms with Gasteiger partial charge >= 0.3 is 6.03 Å². The molecule has 13 heteroatoms. The average molecular weight is 782 g/mol. The molecule has 4 aromatic rings. The lowest BCUT2D eigenvalue weighted by Crippen LogP contribution is -2.49. The van der Waals surface area contributed by atoms with E-state index in [-0.39, 0.29) is 40.5 Å². The number of carbonyl (C=O) groups is 3. The zero-order valence-corrected chi connectivity index (χ0v) is 32.3. The minimum Gasteiger partial charge on any atom is -0.508 e. The van der Waals surface area contributed by atoms with Crippen molar-refractivity contribution in [3.05, 3.63) is 88.8 Å². The summed E-state index contributed by atoms with van der Waals surface area (Å²) in [5, 5.41) is 24.1. The van der Waals surface area contributed by atoms with E-state index in [1.54, 1.807) is 17.0 Å². The highest BCUT2D eigenvalue weighted by atomic mass is 35.5. The Kier molecular flexibility index (Phi) is 12.4. The molecule has 0 spiro atoms. The number of hydrogen-bond acceptors (Lipinski definition) is 7. The van der Waals surface area contributed by atoms with Crippen molar-refractivity contribution in [1.29, 1.82) is 5.26 Å². The number of carbonyl (C=O) groups excluding carboxylic acids is 3. The highest BCUT2D eigenvalue weighted by Crippen LogP contribution is 2.34. The number of phenolic OH excluding ortho intramolecular Hbond substituents is 1. The molecule has 4 fully saturated rings. The van der Waals surface area contributed by atoms with E-state index in [1.807, 2.05) is 18.2 Å². The highest BCUT2D eigenvalue weighted by Gasteiger charge is 2.29. The number of benzene rings is 3. The zero-order valence-electron chi connectivity index (χ0n) is 31.6. The van der Waals surface area contributed by atoms with Gasteiger partial charge in [0.1, 0.15) is 17.6 Å². The first kappa shape index (κ1) is 39.1. The molecular weight excluding hydrogens is 733 g/mol. The summed E-state index contributed by atoms with van der Waals surface area (Å²) in [7, 11) is 0. The second-order valence-corrected chi connectivity index (χ2v) is 15.8. The number of aromatic hydroxyl groups is 1. The van der Waals surface area contributed by atoms with Crippen LogP contribution in [-0.2, 0) is 4.79 Å². The van der Waals surface area contributed by atoms with Gasteiger partial charge in [0, 0.05) is 74.9 Å². The number of nitriles is 1. The predicted octanol–water partition coefficient (Wildman–Crippen LogP) is 7.76. The maximum absolute atomic E-state index is 15.2. The van der Waals surface area contributed by atoms with E-state index in [0.29, 0.717) is 41.7 Å². The molecule has 4 amide bonds. The fourth-order valence-corrected chi connectivity index (χ4v) is 8.85. The van der Waals surface area contributed by atoms with Crippen molar-refractivity contribution in [2.45, 2.75) is 76.3 Å². The minimum atomic E-state index is -0.354. The summed E-state index contributed by atoms with van der Waals surface area (Å²) in [6, 6.07) is 19.5. The standard InChI is InChI=1S/C36H45FN6O3.C7H4ClNO/c37-30-23-26(35(45)38-27-5-2-1-3-6-27)9-10-33(30)41-19-11-25(12-20-41)24-40-17-13-28(14-18-40)42-21-15-29-31(42)7-4-8-32(29)43-22-16-34(44)39-36(43)46;8-7-3-6(10)2-1-5(7)4-9/h4,7-10,15,21,23,25,27-28H,1-3,5-6,11-14,16-20,22,24H2,(H,38,45)(H,39,44,46);1-3,10H. The van der Waals surface area contributed by atoms with Crippen molar-refractivity contribution in [1.82, 2.24) is 20.1 Å². The van der Waals surface area contributed by atoms with Crippen molar-refractivity contribution in [2.75, 3.05) is 49.1 Å². The van der Waals surface area contributed by atoms with Crippen LogP contribution in [0.5, 0.6) is 5.75 Å². The SMILES string of the molecule is N#Cc1ccc(O)cc1Cl.O=C1CCN(c2cccc3c2ccn3C2CCN(CC3CCN(c4ccc(C(=O)NC5CCCCC5)cc4F)CC3)CC2)C(=O)N1. The smallest absolute Gasteiger partial charge is 0.328 e. The molecule has 1 aromatic heterocycles. The Morgan fingerprint density at radius 1 is 0.911 bits per heavy atom. The molecule has 56 heavy (non-hydrogen) atoms. The lowest BCUT2D eigenvalue weighted by Gasteiger charge is -2.39. The van der Waals surface area contributed by atoms with Crippen LogP contribution in [0.3, 0.4) is 0 Å². The van der Waals surface area contributed by atoms with Gasteiger partial charge in [0.15, 0.2) is 0 Å². The van der Waals surface area contributed by atoms with Gasteiger partial charge < -0.3 is 24.8 Å². The van der Waals surface area contributed by atoms with Gasteiger partial charge in [-0.15, -0.1) is 0 Å². The highest BCUT2D eigenvalue weighted by molar-refractivity contribution is 6.31. The number of phenols is 1. The average Bonchev–Trinajstić information content (AvgIpc) is 3.64. The van der Waals surface area contributed by atoms with Crippen LogP contribution in [0.25, 0.3) is 10.9 Å². The first-order chi connectivity index (χ1) is 27.2. The molecule has 11 nitrogen and oxygen atoms in total. The summed E-state index contributed by atoms with van der Waals surface area (Å²) in [4.78, 5) is 43.2. The largest absolute Gasteiger partial charge is 0.508 e. The van der Waals surface area contributed by atoms with Gasteiger partial charge in [-0.25, -0.2) is 9.18 Å². The molecule has 3 saturated heterocycles. The summed E-state index contributed by atoms with van der Waals surface area (Å²) in [5.74, 6) is -0.0351. The molecule has 0 bridgehead atoms. The second kappa shape index (κ2) is 17.8. The molecule has 1 saturated carbocycles. The first-order valence-electron chi connectivity index (χ1n) is 19.8. The molecule has 4 heterocycles. The number of imide groups is 1. The normalized spacial score (nSPS) is 18.9. The van der Waals surface area contributed by atoms with E-state index < -0.39 is 0 Å². The summed E-state index contributed by atoms with van der Waals surface area (Å²) < 4.78 is 17.5. The van der Waals surface area contributed by atoms with Gasteiger partial charge in [0.25, 0.3) is 5.91 Å². The van der Waals surface area contributed by atoms with Gasteiger partial charge in [-0.05, 0) is 99.0 Å². The Morgan fingerprint density at radius 3 is 2.38 bits per heavy atom. The summed E-state index contributed by atoms with van der Waals surface area (Å²) in [5.41, 5.74) is 3.36. The number of halogens is 2. The number of urea groups is 1. The predicted molar refractivity (Wildman–Crippen MR) is 216 cm³/mol. The Bertz CT molecular complexity index is 2100. The fourth-order valence-electron chi connectivity index (χ4n) is 8.64. The molecule has 3 N–H and O–H groups in total. The number of nitrogens with one attached hydrogen (secondary N) is 2. The Hall–Kier alpha value is -5.12. The number of hydrogen-bond donors (Lipinski definition) is 3. The van der Waals surface area contributed by atoms with Crippen LogP contribution >= 0.6 is 11.6 Å². The van der Waals surface area contributed by atoms with Crippen LogP contribution in [0.15, 0.2) is 66.9 Å². The number of piperidine rings is 2. The van der Waals surface area contributed by atoms with Crippen LogP contribution in [0.2, 0.25) is 5.02 Å². The quantitative estimate of drug-likeness (QED) is 0.175. The van der Waals surface area contributed by atoms with Crippen molar-refractivity contribution >= 4 is 51.7 Å². The van der Waals surface area contributed by atoms with Crippen LogP contribution in [-0.4, -0.2) is 77.7 Å². The molecule has 4 aliphatic rings. The lowest BCUT2D eigenvalue weighted by atomic mass is 9.94. The molecule has 294 valence electrons.